The Morgan fingerprint density at radius 1 is 1.55 bits per heavy atom. The van der Waals surface area contributed by atoms with Crippen LogP contribution in [0.1, 0.15) is 5.56 Å². The predicted molar refractivity (Wildman–Crippen MR) is 79.8 cm³/mol. The molecule has 1 aliphatic rings. The van der Waals surface area contributed by atoms with Crippen molar-refractivity contribution in [2.24, 2.45) is 0 Å². The second-order valence-corrected chi connectivity index (χ2v) is 5.74. The summed E-state index contributed by atoms with van der Waals surface area (Å²) in [6.07, 6.45) is 3.55. The maximum absolute atomic E-state index is 11.2. The van der Waals surface area contributed by atoms with Crippen LogP contribution < -0.4 is 0 Å². The Hall–Kier alpha value is -1.31. The molecule has 0 amide bonds. The number of rotatable bonds is 4. The first-order valence-corrected chi connectivity index (χ1v) is 7.57. The molecule has 0 radical (unpaired) electrons. The Kier molecular flexibility index (Phi) is 4.85. The summed E-state index contributed by atoms with van der Waals surface area (Å²) in [6.45, 7) is 1.58. The SMILES string of the molecule is CSC1=C([N+](=O)[O-])CN(C)CN1Cc1ccc(Cl)nc1. The summed E-state index contributed by atoms with van der Waals surface area (Å²) in [4.78, 5) is 18.8. The van der Waals surface area contributed by atoms with E-state index in [0.717, 1.165) is 5.56 Å². The Bertz CT molecular complexity index is 535. The average molecular weight is 315 g/mol. The van der Waals surface area contributed by atoms with Crippen LogP contribution in [-0.2, 0) is 6.54 Å². The number of thioether (sulfide) groups is 1. The van der Waals surface area contributed by atoms with E-state index in [9.17, 15) is 10.1 Å². The van der Waals surface area contributed by atoms with E-state index in [1.54, 1.807) is 12.3 Å². The molecule has 2 heterocycles. The van der Waals surface area contributed by atoms with E-state index < -0.39 is 0 Å². The zero-order chi connectivity index (χ0) is 14.7. The molecule has 0 saturated carbocycles. The van der Waals surface area contributed by atoms with Crippen molar-refractivity contribution in [3.05, 3.63) is 49.9 Å². The van der Waals surface area contributed by atoms with Crippen molar-refractivity contribution >= 4 is 23.4 Å². The van der Waals surface area contributed by atoms with Crippen molar-refractivity contribution < 1.29 is 4.92 Å². The summed E-state index contributed by atoms with van der Waals surface area (Å²) >= 11 is 7.17. The monoisotopic (exact) mass is 314 g/mol. The van der Waals surface area contributed by atoms with Gasteiger partial charge in [0.25, 0.3) is 5.70 Å². The molecule has 2 rings (SSSR count). The van der Waals surface area contributed by atoms with Gasteiger partial charge in [-0.3, -0.25) is 15.0 Å². The van der Waals surface area contributed by atoms with Crippen LogP contribution in [0.15, 0.2) is 29.1 Å². The minimum atomic E-state index is -0.297. The summed E-state index contributed by atoms with van der Waals surface area (Å²) < 4.78 is 0. The van der Waals surface area contributed by atoms with E-state index in [1.807, 2.05) is 29.2 Å². The van der Waals surface area contributed by atoms with Crippen molar-refractivity contribution in [2.45, 2.75) is 6.54 Å². The highest BCUT2D eigenvalue weighted by atomic mass is 35.5. The molecule has 0 saturated heterocycles. The number of nitrogens with zero attached hydrogens (tertiary/aromatic N) is 4. The highest BCUT2D eigenvalue weighted by Crippen LogP contribution is 2.28. The molecule has 8 heteroatoms. The second-order valence-electron chi connectivity index (χ2n) is 4.56. The number of hydrogen-bond acceptors (Lipinski definition) is 6. The van der Waals surface area contributed by atoms with Crippen molar-refractivity contribution in [1.82, 2.24) is 14.8 Å². The number of pyridine rings is 1. The van der Waals surface area contributed by atoms with Gasteiger partial charge < -0.3 is 4.90 Å². The van der Waals surface area contributed by atoms with Crippen molar-refractivity contribution in [2.75, 3.05) is 26.5 Å². The van der Waals surface area contributed by atoms with Gasteiger partial charge in [0.05, 0.1) is 18.1 Å². The van der Waals surface area contributed by atoms with Crippen LogP contribution in [0.5, 0.6) is 0 Å². The smallest absolute Gasteiger partial charge is 0.289 e. The zero-order valence-electron chi connectivity index (χ0n) is 11.2. The van der Waals surface area contributed by atoms with E-state index in [2.05, 4.69) is 4.98 Å². The third-order valence-corrected chi connectivity index (χ3v) is 4.05. The lowest BCUT2D eigenvalue weighted by Gasteiger charge is -2.34. The summed E-state index contributed by atoms with van der Waals surface area (Å²) in [5.41, 5.74) is 1.21. The van der Waals surface area contributed by atoms with Crippen LogP contribution >= 0.6 is 23.4 Å². The molecule has 1 aromatic rings. The highest BCUT2D eigenvalue weighted by molar-refractivity contribution is 8.02. The molecule has 1 aromatic heterocycles. The third-order valence-electron chi connectivity index (χ3n) is 2.94. The van der Waals surface area contributed by atoms with E-state index in [1.165, 1.54) is 11.8 Å². The lowest BCUT2D eigenvalue weighted by molar-refractivity contribution is -0.431. The van der Waals surface area contributed by atoms with Gasteiger partial charge in [0.15, 0.2) is 0 Å². The Balaban J connectivity index is 2.26. The normalized spacial score (nSPS) is 16.6. The van der Waals surface area contributed by atoms with Crippen LogP contribution in [0.2, 0.25) is 5.15 Å². The average Bonchev–Trinajstić information content (AvgIpc) is 2.40. The molecule has 0 aromatic carbocycles. The number of likely N-dealkylation sites (N-methyl/N-ethyl adjacent to an activating group) is 1. The molecule has 0 bridgehead atoms. The Labute approximate surface area is 126 Å². The van der Waals surface area contributed by atoms with E-state index in [-0.39, 0.29) is 10.6 Å². The summed E-state index contributed by atoms with van der Waals surface area (Å²) in [5.74, 6) is 0. The fourth-order valence-electron chi connectivity index (χ4n) is 2.14. The minimum Gasteiger partial charge on any atom is -0.344 e. The van der Waals surface area contributed by atoms with Gasteiger partial charge in [-0.1, -0.05) is 17.7 Å². The number of halogens is 1. The van der Waals surface area contributed by atoms with Crippen LogP contribution in [0, 0.1) is 10.1 Å². The fraction of sp³-hybridized carbons (Fsp3) is 0.417. The highest BCUT2D eigenvalue weighted by Gasteiger charge is 2.30. The molecule has 0 unspecified atom stereocenters. The molecule has 1 aliphatic heterocycles. The molecule has 0 N–H and O–H groups in total. The van der Waals surface area contributed by atoms with Crippen molar-refractivity contribution in [1.29, 1.82) is 0 Å². The van der Waals surface area contributed by atoms with Crippen molar-refractivity contribution in [3.63, 3.8) is 0 Å². The molecule has 6 nitrogen and oxygen atoms in total. The van der Waals surface area contributed by atoms with Crippen LogP contribution in [0.3, 0.4) is 0 Å². The van der Waals surface area contributed by atoms with Gasteiger partial charge in [0.1, 0.15) is 10.2 Å². The number of hydrogen-bond donors (Lipinski definition) is 0. The standard InChI is InChI=1S/C12H15ClN4O2S/c1-15-7-10(17(18)19)12(20-2)16(8-15)6-9-3-4-11(13)14-5-9/h3-5H,6-8H2,1-2H3. The first-order chi connectivity index (χ1) is 9.51. The van der Waals surface area contributed by atoms with Gasteiger partial charge in [0.2, 0.25) is 0 Å². The van der Waals surface area contributed by atoms with Crippen LogP contribution in [0.4, 0.5) is 0 Å². The molecular formula is C12H15ClN4O2S. The molecular weight excluding hydrogens is 300 g/mol. The topological polar surface area (TPSA) is 62.5 Å². The van der Waals surface area contributed by atoms with Crippen molar-refractivity contribution in [3.8, 4) is 0 Å². The van der Waals surface area contributed by atoms with Crippen LogP contribution in [0.25, 0.3) is 0 Å². The first kappa shape index (κ1) is 15.1. The summed E-state index contributed by atoms with van der Waals surface area (Å²) in [5, 5.41) is 12.3. The van der Waals surface area contributed by atoms with Gasteiger partial charge in [-0.2, -0.15) is 0 Å². The number of aromatic nitrogens is 1. The molecule has 0 atom stereocenters. The summed E-state index contributed by atoms with van der Waals surface area (Å²) in [6, 6.07) is 3.61. The lowest BCUT2D eigenvalue weighted by Crippen LogP contribution is -2.42. The maximum atomic E-state index is 11.2. The maximum Gasteiger partial charge on any atom is 0.289 e. The molecule has 0 aliphatic carbocycles. The Morgan fingerprint density at radius 3 is 2.85 bits per heavy atom. The molecule has 0 spiro atoms. The largest absolute Gasteiger partial charge is 0.344 e. The second kappa shape index (κ2) is 6.43. The molecule has 0 fully saturated rings. The van der Waals surface area contributed by atoms with Gasteiger partial charge in [0, 0.05) is 12.7 Å². The Morgan fingerprint density at radius 2 is 2.30 bits per heavy atom. The quantitative estimate of drug-likeness (QED) is 0.482. The number of nitro groups is 1. The van der Waals surface area contributed by atoms with Gasteiger partial charge in [-0.15, -0.1) is 11.8 Å². The van der Waals surface area contributed by atoms with Gasteiger partial charge in [-0.25, -0.2) is 4.98 Å². The fourth-order valence-corrected chi connectivity index (χ4v) is 3.00. The minimum absolute atomic E-state index is 0.244. The van der Waals surface area contributed by atoms with E-state index in [0.29, 0.717) is 29.9 Å². The van der Waals surface area contributed by atoms with Gasteiger partial charge >= 0.3 is 0 Å². The first-order valence-electron chi connectivity index (χ1n) is 5.96. The summed E-state index contributed by atoms with van der Waals surface area (Å²) in [7, 11) is 1.87. The van der Waals surface area contributed by atoms with Crippen LogP contribution in [-0.4, -0.2) is 46.2 Å². The van der Waals surface area contributed by atoms with Gasteiger partial charge in [-0.05, 0) is 24.9 Å². The zero-order valence-corrected chi connectivity index (χ0v) is 12.8. The van der Waals surface area contributed by atoms with E-state index >= 15 is 0 Å². The van der Waals surface area contributed by atoms with E-state index in [4.69, 9.17) is 11.6 Å². The lowest BCUT2D eigenvalue weighted by atomic mass is 10.2. The molecule has 108 valence electrons. The molecule has 20 heavy (non-hydrogen) atoms. The third kappa shape index (κ3) is 3.41. The predicted octanol–water partition coefficient (Wildman–Crippen LogP) is 2.25.